The van der Waals surface area contributed by atoms with E-state index < -0.39 is 18.1 Å². The Labute approximate surface area is 888 Å². The summed E-state index contributed by atoms with van der Waals surface area (Å²) in [6.45, 7) is 93.3. The van der Waals surface area contributed by atoms with E-state index in [0.717, 1.165) is 225 Å². The molecule has 0 aromatic heterocycles. The molecular weight excluding hydrogens is 1840 g/mol. The number of hydrogen-bond acceptors (Lipinski definition) is 23. The van der Waals surface area contributed by atoms with Gasteiger partial charge in [-0.25, -0.2) is 9.59 Å². The van der Waals surface area contributed by atoms with Crippen LogP contribution in [0, 0.1) is 46.3 Å². The van der Waals surface area contributed by atoms with Gasteiger partial charge in [0.2, 0.25) is 11.8 Å². The van der Waals surface area contributed by atoms with Crippen LogP contribution in [0.3, 0.4) is 0 Å². The number of amidine groups is 1. The van der Waals surface area contributed by atoms with Crippen molar-refractivity contribution in [1.82, 2.24) is 73.9 Å². The number of urea groups is 1. The molecule has 2 aromatic rings. The zero-order valence-electron chi connectivity index (χ0n) is 98.2. The first-order valence-electron chi connectivity index (χ1n) is 56.8. The Hall–Kier alpha value is -6.90. The molecule has 0 bridgehead atoms. The van der Waals surface area contributed by atoms with E-state index in [9.17, 15) is 48.3 Å². The number of Topliss-reactive ketones (excluding diaryl/α,β-unsaturated/α-hetero) is 4. The van der Waals surface area contributed by atoms with E-state index in [4.69, 9.17) is 15.3 Å². The zero-order chi connectivity index (χ0) is 110. The van der Waals surface area contributed by atoms with Gasteiger partial charge in [-0.3, -0.25) is 73.3 Å². The third-order valence-corrected chi connectivity index (χ3v) is 32.1. The third-order valence-electron chi connectivity index (χ3n) is 32.1. The van der Waals surface area contributed by atoms with Crippen molar-refractivity contribution in [2.24, 2.45) is 40.9 Å². The lowest BCUT2D eigenvalue weighted by molar-refractivity contribution is -0.143. The van der Waals surface area contributed by atoms with Crippen LogP contribution in [-0.2, 0) is 62.4 Å². The third kappa shape index (κ3) is 47.6. The van der Waals surface area contributed by atoms with Crippen LogP contribution in [0.5, 0.6) is 0 Å². The number of carboxylic acids is 1. The van der Waals surface area contributed by atoms with Gasteiger partial charge in [0.1, 0.15) is 35.2 Å². The Morgan fingerprint density at radius 1 is 0.384 bits per heavy atom. The van der Waals surface area contributed by atoms with Gasteiger partial charge in [-0.05, 0) is 354 Å². The van der Waals surface area contributed by atoms with Gasteiger partial charge in [0.15, 0.2) is 0 Å². The highest BCUT2D eigenvalue weighted by Gasteiger charge is 2.42. The average molecular weight is 2050 g/mol. The minimum atomic E-state index is -0.833. The number of benzene rings is 2. The molecule has 10 saturated heterocycles. The summed E-state index contributed by atoms with van der Waals surface area (Å²) < 4.78 is 4.87. The standard InChI is InChI=1S/C16H23N.C13H17NO2.C11H23N3O.C11H21NO.C10H20N2O.3C10H19NO.C9H19N3.C9H18N2O.C8H15NO3/c1-13(2)17-9-7-16(8-10-17)11-14-5-3-4-6-15(14)12-16;1-9(2)14-11-7-5-4-6-10(11)8-12(14)13(15)16-3;1-9(2)12-11(15)14-7-5-13(6-8-14)10(3)4;1-9(2)11-4-6-12(7-5-11)8-10(3)13;1-9(2)12-6-4-11(5-7-12)8-10(3)13;2*1-8(2)11-6-4-10(5-7-11)9(3)12;1-8(2)10-4-6-11(7-5-10)9(3)12;1-8(2)11-4-6-12(7-5-11)9(3)10;1-8(2)10-4-6-11(7-5-10)9(3)12;1-5(2)9-4-6(10)3-7(9)8(11)12/h3-6,13H,7-12H2,1-2H3;4-7,9,12H,8H2,1-3H3;9-10H,5-8H2,1-4H3,(H,12,15);9,11H,4-8H2,1-3H3;9H,4-8H2,1-3H3;4*8,10H,4-7H2,1-3H3;8H,4-7H2,1-3H3;5-7,10H,3-4H2,1-2H3,(H,11,12)/t;;;;;;;;;;6-,7+/m..........1/s1. The summed E-state index contributed by atoms with van der Waals surface area (Å²) in [6, 6.07) is 21.8. The number of ketones is 4. The minimum absolute atomic E-state index is 0.0772. The van der Waals surface area contributed by atoms with Crippen LogP contribution >= 0.6 is 0 Å². The van der Waals surface area contributed by atoms with E-state index in [-0.39, 0.29) is 47.7 Å². The van der Waals surface area contributed by atoms with Crippen molar-refractivity contribution < 1.29 is 58.1 Å². The molecule has 2 aromatic carbocycles. The molecule has 838 valence electrons. The number of ether oxygens (including phenoxy) is 1. The van der Waals surface area contributed by atoms with Gasteiger partial charge in [-0.1, -0.05) is 70.2 Å². The number of aliphatic carboxylic acids is 1. The number of carboxylic acid groups (broad SMARTS) is 1. The molecule has 11 heterocycles. The normalized spacial score (nSPS) is 21.5. The topological polar surface area (TPSA) is 288 Å². The van der Waals surface area contributed by atoms with Crippen LogP contribution in [0.15, 0.2) is 48.5 Å². The molecule has 29 nitrogen and oxygen atoms in total. The first kappa shape index (κ1) is 131. The van der Waals surface area contributed by atoms with Crippen molar-refractivity contribution in [3.05, 3.63) is 65.2 Å². The molecule has 0 saturated carbocycles. The highest BCUT2D eigenvalue weighted by Crippen LogP contribution is 2.45. The highest BCUT2D eigenvalue weighted by molar-refractivity contribution is 5.84. The van der Waals surface area contributed by atoms with Crippen molar-refractivity contribution in [2.75, 3.05) is 202 Å². The molecule has 10 fully saturated rings. The maximum Gasteiger partial charge on any atom is 0.328 e. The number of nitrogens with zero attached hydrogens (tertiary/aromatic N) is 15. The average Bonchev–Trinajstić information content (AvgIpc) is 1.64. The zero-order valence-corrected chi connectivity index (χ0v) is 98.2. The predicted octanol–water partition coefficient (Wildman–Crippen LogP) is 15.7. The number of carbonyl (C=O) groups is 9. The Bertz CT molecular complexity index is 3780. The van der Waals surface area contributed by atoms with Crippen molar-refractivity contribution in [3.63, 3.8) is 0 Å². The second-order valence-electron chi connectivity index (χ2n) is 47.0. The van der Waals surface area contributed by atoms with Crippen LogP contribution in [0.4, 0.5) is 10.5 Å². The number of nitrogens with one attached hydrogen (secondary N) is 2. The van der Waals surface area contributed by atoms with E-state index in [1.54, 1.807) is 52.7 Å². The monoisotopic (exact) mass is 2050 g/mol. The van der Waals surface area contributed by atoms with E-state index in [2.05, 4.69) is 234 Å². The number of anilines is 1. The maximum atomic E-state index is 11.7. The van der Waals surface area contributed by atoms with Gasteiger partial charge in [-0.2, -0.15) is 0 Å². The van der Waals surface area contributed by atoms with E-state index in [1.807, 2.05) is 66.4 Å². The number of rotatable bonds is 20. The lowest BCUT2D eigenvalue weighted by Crippen LogP contribution is -2.54. The summed E-state index contributed by atoms with van der Waals surface area (Å²) in [7, 11) is 1.45. The Balaban J connectivity index is 0.000000335. The number of β-amino-alcohol motifs (C(OH)–C–C–N with tert-alkyl or cyclic N) is 1. The summed E-state index contributed by atoms with van der Waals surface area (Å²) in [5, 5.41) is 28.5. The van der Waals surface area contributed by atoms with Crippen LogP contribution < -0.4 is 10.2 Å². The van der Waals surface area contributed by atoms with Gasteiger partial charge in [0, 0.05) is 229 Å². The molecule has 1 aliphatic carbocycles. The molecule has 29 heteroatoms. The number of methoxy groups -OCH3 is 1. The summed E-state index contributed by atoms with van der Waals surface area (Å²) >= 11 is 0. The molecule has 4 amide bonds. The maximum absolute atomic E-state index is 11.7. The SMILES string of the molecule is CC(=N)N1CCN(C(C)C)CC1.CC(=O)C1CCN(C(C)C)CC1.CC(=O)C1CCN(C(C)C)CC1.CC(=O)CN1CCC(C(C)C)CC1.CC(=O)CN1CCN(C(C)C)CC1.CC(=O)N1CCC(C(C)C)CC1.CC(=O)N1CCN(C(C)C)CC1.CC(C)N1CCC2(CC1)Cc1ccccc1C2.CC(C)N1C[C@H](O)C[C@H]1C(=O)O.CC(C)NC(=O)N1CCN(C(C)C)CC1.COC(=O)C1Cc2ccccc2N1C(C)C. The molecule has 11 aliphatic heterocycles. The van der Waals surface area contributed by atoms with Crippen molar-refractivity contribution >= 4 is 64.4 Å². The molecule has 14 rings (SSSR count). The van der Waals surface area contributed by atoms with Crippen molar-refractivity contribution in [1.29, 1.82) is 5.41 Å². The number of piperidine rings is 5. The summed E-state index contributed by atoms with van der Waals surface area (Å²) in [4.78, 5) is 134. The van der Waals surface area contributed by atoms with Gasteiger partial charge < -0.3 is 59.5 Å². The first-order chi connectivity index (χ1) is 68.6. The fourth-order valence-corrected chi connectivity index (χ4v) is 22.0. The largest absolute Gasteiger partial charge is 0.480 e. The Kier molecular flexibility index (Phi) is 60.7. The van der Waals surface area contributed by atoms with Crippen molar-refractivity contribution in [3.8, 4) is 0 Å². The van der Waals surface area contributed by atoms with Gasteiger partial charge in [0.25, 0.3) is 0 Å². The molecule has 1 unspecified atom stereocenters. The van der Waals surface area contributed by atoms with Crippen LogP contribution in [0.25, 0.3) is 0 Å². The Morgan fingerprint density at radius 2 is 0.712 bits per heavy atom. The van der Waals surface area contributed by atoms with Gasteiger partial charge in [-0.15, -0.1) is 0 Å². The minimum Gasteiger partial charge on any atom is -0.480 e. The van der Waals surface area contributed by atoms with Crippen LogP contribution in [0.2, 0.25) is 0 Å². The molecule has 146 heavy (non-hydrogen) atoms. The molecule has 3 atom stereocenters. The number of amides is 4. The number of piperazine rings is 4. The fraction of sp³-hybridized carbons (Fsp3) is 0.812. The summed E-state index contributed by atoms with van der Waals surface area (Å²) in [5.41, 5.74) is 6.23. The van der Waals surface area contributed by atoms with E-state index in [0.29, 0.717) is 109 Å². The fourth-order valence-electron chi connectivity index (χ4n) is 22.0. The molecule has 12 aliphatic rings. The number of esters is 1. The number of aliphatic hydroxyl groups excluding tert-OH is 1. The van der Waals surface area contributed by atoms with E-state index in [1.165, 1.54) is 77.1 Å². The number of aliphatic hydroxyl groups is 1. The van der Waals surface area contributed by atoms with Crippen LogP contribution in [0.1, 0.15) is 302 Å². The number of carbonyl (C=O) groups excluding carboxylic acids is 8. The second-order valence-corrected chi connectivity index (χ2v) is 47.0. The van der Waals surface area contributed by atoms with Crippen molar-refractivity contribution in [2.45, 2.75) is 383 Å². The quantitative estimate of drug-likeness (QED) is 0.0544. The molecular formula is C117H213N17O12. The number of likely N-dealkylation sites (tertiary alicyclic amines) is 6. The lowest BCUT2D eigenvalue weighted by Gasteiger charge is -2.41. The first-order valence-corrected chi connectivity index (χ1v) is 56.8. The van der Waals surface area contributed by atoms with Crippen LogP contribution in [-0.4, -0.2) is 413 Å². The van der Waals surface area contributed by atoms with Gasteiger partial charge >= 0.3 is 18.0 Å². The number of hydrogen-bond donors (Lipinski definition) is 4. The smallest absolute Gasteiger partial charge is 0.328 e. The summed E-state index contributed by atoms with van der Waals surface area (Å²) in [6.07, 6.45) is 15.2. The van der Waals surface area contributed by atoms with E-state index >= 15 is 0 Å². The number of para-hydroxylation sites is 1. The highest BCUT2D eigenvalue weighted by atomic mass is 16.5. The second kappa shape index (κ2) is 67.5. The Morgan fingerprint density at radius 3 is 1.03 bits per heavy atom. The van der Waals surface area contributed by atoms with Gasteiger partial charge in [0.05, 0.1) is 32.1 Å². The number of fused-ring (bicyclic) bond motifs is 2. The molecule has 4 N–H and O–H groups in total. The molecule has 0 radical (unpaired) electrons. The summed E-state index contributed by atoms with van der Waals surface area (Å²) in [5.74, 6) is 5.47. The predicted molar refractivity (Wildman–Crippen MR) is 601 cm³/mol. The lowest BCUT2D eigenvalue weighted by atomic mass is 9.76. The molecule has 1 spiro atoms.